The Bertz CT molecular complexity index is 562. The Hall–Kier alpha value is -2.33. The topological polar surface area (TPSA) is 86.2 Å². The molecule has 116 valence electrons. The molecule has 6 nitrogen and oxygen atoms in total. The number of ether oxygens (including phenoxy) is 1. The summed E-state index contributed by atoms with van der Waals surface area (Å²) in [7, 11) is 0. The van der Waals surface area contributed by atoms with Gasteiger partial charge in [-0.25, -0.2) is 0 Å². The lowest BCUT2D eigenvalue weighted by molar-refractivity contribution is -0.123. The van der Waals surface area contributed by atoms with Crippen LogP contribution in [0.5, 0.6) is 5.75 Å². The number of nitriles is 1. The van der Waals surface area contributed by atoms with E-state index in [2.05, 4.69) is 16.2 Å². The second-order valence-corrected chi connectivity index (χ2v) is 5.46. The molecule has 7 heteroatoms. The average molecular weight is 318 g/mol. The summed E-state index contributed by atoms with van der Waals surface area (Å²) in [6.45, 7) is -0.134. The number of hydrogen-bond donors (Lipinski definition) is 3. The summed E-state index contributed by atoms with van der Waals surface area (Å²) in [4.78, 5) is 11.6. The molecule has 22 heavy (non-hydrogen) atoms. The van der Waals surface area contributed by atoms with Gasteiger partial charge < -0.3 is 10.1 Å². The number of hydrazine groups is 1. The summed E-state index contributed by atoms with van der Waals surface area (Å²) in [6, 6.07) is 8.96. The maximum absolute atomic E-state index is 11.6. The Morgan fingerprint density at radius 3 is 2.59 bits per heavy atom. The van der Waals surface area contributed by atoms with E-state index in [1.54, 1.807) is 24.3 Å². The van der Waals surface area contributed by atoms with Gasteiger partial charge in [0.05, 0.1) is 11.6 Å². The van der Waals surface area contributed by atoms with Crippen LogP contribution < -0.4 is 20.9 Å². The first-order valence-electron chi connectivity index (χ1n) is 7.15. The first kappa shape index (κ1) is 16.0. The molecule has 3 N–H and O–H groups in total. The van der Waals surface area contributed by atoms with E-state index in [9.17, 15) is 4.79 Å². The van der Waals surface area contributed by atoms with E-state index in [-0.39, 0.29) is 12.5 Å². The number of nitrogens with one attached hydrogen (secondary N) is 3. The van der Waals surface area contributed by atoms with E-state index in [4.69, 9.17) is 22.2 Å². The van der Waals surface area contributed by atoms with Crippen molar-refractivity contribution in [1.82, 2.24) is 16.2 Å². The van der Waals surface area contributed by atoms with Gasteiger partial charge >= 0.3 is 0 Å². The van der Waals surface area contributed by atoms with Crippen molar-refractivity contribution in [2.45, 2.75) is 31.7 Å². The van der Waals surface area contributed by atoms with Gasteiger partial charge in [-0.05, 0) is 49.3 Å². The largest absolute Gasteiger partial charge is 0.484 e. The maximum atomic E-state index is 11.6. The van der Waals surface area contributed by atoms with Crippen molar-refractivity contribution in [3.8, 4) is 11.8 Å². The quantitative estimate of drug-likeness (QED) is 0.574. The molecule has 1 saturated carbocycles. The number of hydrogen-bond acceptors (Lipinski definition) is 4. The van der Waals surface area contributed by atoms with Gasteiger partial charge in [0.2, 0.25) is 0 Å². The molecule has 1 aromatic rings. The highest BCUT2D eigenvalue weighted by atomic mass is 32.1. The smallest absolute Gasteiger partial charge is 0.276 e. The zero-order valence-corrected chi connectivity index (χ0v) is 12.9. The van der Waals surface area contributed by atoms with Gasteiger partial charge in [-0.2, -0.15) is 5.26 Å². The molecule has 0 radical (unpaired) electrons. The highest BCUT2D eigenvalue weighted by Gasteiger charge is 2.15. The molecule has 1 amide bonds. The second kappa shape index (κ2) is 8.20. The van der Waals surface area contributed by atoms with Gasteiger partial charge in [0.25, 0.3) is 5.91 Å². The number of rotatable bonds is 4. The number of benzene rings is 1. The van der Waals surface area contributed by atoms with Crippen LogP contribution in [0, 0.1) is 11.3 Å². The number of carbonyl (C=O) groups excluding carboxylic acids is 1. The summed E-state index contributed by atoms with van der Waals surface area (Å²) in [5, 5.41) is 12.3. The molecular weight excluding hydrogens is 300 g/mol. The molecule has 0 aliphatic heterocycles. The van der Waals surface area contributed by atoms with Gasteiger partial charge in [0.15, 0.2) is 11.7 Å². The molecule has 0 atom stereocenters. The third kappa shape index (κ3) is 5.22. The van der Waals surface area contributed by atoms with E-state index in [0.29, 0.717) is 22.5 Å². The van der Waals surface area contributed by atoms with Crippen LogP contribution in [-0.4, -0.2) is 23.7 Å². The van der Waals surface area contributed by atoms with E-state index in [1.807, 2.05) is 6.07 Å². The molecule has 1 aromatic carbocycles. The maximum Gasteiger partial charge on any atom is 0.276 e. The minimum Gasteiger partial charge on any atom is -0.484 e. The predicted molar refractivity (Wildman–Crippen MR) is 85.9 cm³/mol. The SMILES string of the molecule is N#Cc1ccc(OCC(=O)NNC(=S)NC2CCCC2)cc1. The highest BCUT2D eigenvalue weighted by molar-refractivity contribution is 7.80. The summed E-state index contributed by atoms with van der Waals surface area (Å²) < 4.78 is 5.31. The fourth-order valence-corrected chi connectivity index (χ4v) is 2.45. The Morgan fingerprint density at radius 2 is 1.95 bits per heavy atom. The average Bonchev–Trinajstić information content (AvgIpc) is 3.04. The van der Waals surface area contributed by atoms with Crippen LogP contribution in [0.4, 0.5) is 0 Å². The van der Waals surface area contributed by atoms with Crippen LogP contribution in [0.15, 0.2) is 24.3 Å². The van der Waals surface area contributed by atoms with Gasteiger partial charge in [-0.1, -0.05) is 12.8 Å². The predicted octanol–water partition coefficient (Wildman–Crippen LogP) is 1.37. The zero-order valence-electron chi connectivity index (χ0n) is 12.1. The lowest BCUT2D eigenvalue weighted by atomic mass is 10.2. The van der Waals surface area contributed by atoms with Crippen molar-refractivity contribution in [3.05, 3.63) is 29.8 Å². The molecule has 1 fully saturated rings. The summed E-state index contributed by atoms with van der Waals surface area (Å²) >= 11 is 5.11. The van der Waals surface area contributed by atoms with E-state index in [0.717, 1.165) is 12.8 Å². The molecule has 0 spiro atoms. The Labute approximate surface area is 134 Å². The van der Waals surface area contributed by atoms with Crippen LogP contribution in [0.3, 0.4) is 0 Å². The van der Waals surface area contributed by atoms with E-state index >= 15 is 0 Å². The third-order valence-corrected chi connectivity index (χ3v) is 3.58. The lowest BCUT2D eigenvalue weighted by Crippen LogP contribution is -2.50. The second-order valence-electron chi connectivity index (χ2n) is 5.05. The third-order valence-electron chi connectivity index (χ3n) is 3.36. The first-order valence-corrected chi connectivity index (χ1v) is 7.56. The lowest BCUT2D eigenvalue weighted by Gasteiger charge is -2.16. The minimum absolute atomic E-state index is 0.134. The van der Waals surface area contributed by atoms with Crippen molar-refractivity contribution in [3.63, 3.8) is 0 Å². The Balaban J connectivity index is 1.64. The summed E-state index contributed by atoms with van der Waals surface area (Å²) in [5.41, 5.74) is 5.68. The Morgan fingerprint density at radius 1 is 1.27 bits per heavy atom. The fraction of sp³-hybridized carbons (Fsp3) is 0.400. The number of carbonyl (C=O) groups is 1. The molecule has 1 aliphatic rings. The fourth-order valence-electron chi connectivity index (χ4n) is 2.23. The number of thiocarbonyl (C=S) groups is 1. The van der Waals surface area contributed by atoms with Crippen molar-refractivity contribution >= 4 is 23.2 Å². The van der Waals surface area contributed by atoms with Crippen molar-refractivity contribution in [2.75, 3.05) is 6.61 Å². The van der Waals surface area contributed by atoms with E-state index in [1.165, 1.54) is 12.8 Å². The summed E-state index contributed by atoms with van der Waals surface area (Å²) in [5.74, 6) is 0.195. The molecule has 0 bridgehead atoms. The molecule has 0 heterocycles. The highest BCUT2D eigenvalue weighted by Crippen LogP contribution is 2.17. The van der Waals surface area contributed by atoms with Crippen LogP contribution in [0.2, 0.25) is 0 Å². The normalized spacial score (nSPS) is 14.0. The molecule has 1 aliphatic carbocycles. The van der Waals surface area contributed by atoms with Crippen molar-refractivity contribution < 1.29 is 9.53 Å². The molecule has 0 aromatic heterocycles. The Kier molecular flexibility index (Phi) is 5.98. The van der Waals surface area contributed by atoms with E-state index < -0.39 is 0 Å². The van der Waals surface area contributed by atoms with Crippen LogP contribution in [0.25, 0.3) is 0 Å². The zero-order chi connectivity index (χ0) is 15.8. The number of amides is 1. The van der Waals surface area contributed by atoms with Crippen molar-refractivity contribution in [1.29, 1.82) is 5.26 Å². The van der Waals surface area contributed by atoms with Crippen molar-refractivity contribution in [2.24, 2.45) is 0 Å². The van der Waals surface area contributed by atoms with Gasteiger partial charge in [-0.15, -0.1) is 0 Å². The minimum atomic E-state index is -0.333. The number of nitrogens with zero attached hydrogens (tertiary/aromatic N) is 1. The van der Waals surface area contributed by atoms with Gasteiger partial charge in [0, 0.05) is 6.04 Å². The van der Waals surface area contributed by atoms with Gasteiger partial charge in [0.1, 0.15) is 5.75 Å². The molecule has 0 saturated heterocycles. The molecular formula is C15H18N4O2S. The first-order chi connectivity index (χ1) is 10.7. The van der Waals surface area contributed by atoms with Gasteiger partial charge in [-0.3, -0.25) is 15.6 Å². The summed E-state index contributed by atoms with van der Waals surface area (Å²) in [6.07, 6.45) is 4.64. The standard InChI is InChI=1S/C15H18N4O2S/c16-9-11-5-7-13(8-6-11)21-10-14(20)18-19-15(22)17-12-3-1-2-4-12/h5-8,12H,1-4,10H2,(H,18,20)(H2,17,19,22). The van der Waals surface area contributed by atoms with Crippen LogP contribution in [-0.2, 0) is 4.79 Å². The monoisotopic (exact) mass is 318 g/mol. The van der Waals surface area contributed by atoms with Crippen LogP contribution in [0.1, 0.15) is 31.2 Å². The van der Waals surface area contributed by atoms with Crippen LogP contribution >= 0.6 is 12.2 Å². The molecule has 2 rings (SSSR count). The molecule has 0 unspecified atom stereocenters.